The van der Waals surface area contributed by atoms with Crippen LogP contribution in [-0.4, -0.2) is 46.6 Å². The van der Waals surface area contributed by atoms with Crippen LogP contribution in [0.4, 0.5) is 0 Å². The van der Waals surface area contributed by atoms with Crippen LogP contribution in [0.25, 0.3) is 0 Å². The molecule has 0 amide bonds. The van der Waals surface area contributed by atoms with Gasteiger partial charge in [0.25, 0.3) is 0 Å². The number of sulfone groups is 1. The molecule has 1 atom stereocenters. The van der Waals surface area contributed by atoms with Crippen molar-refractivity contribution < 1.29 is 8.42 Å². The molecule has 84 valence electrons. The summed E-state index contributed by atoms with van der Waals surface area (Å²) in [6.07, 6.45) is 1.93. The first kappa shape index (κ1) is 11.9. The molecule has 0 saturated carbocycles. The lowest BCUT2D eigenvalue weighted by Gasteiger charge is -2.08. The van der Waals surface area contributed by atoms with Gasteiger partial charge in [-0.05, 0) is 45.4 Å². The molecule has 5 heteroatoms. The van der Waals surface area contributed by atoms with E-state index in [1.54, 1.807) is 0 Å². The van der Waals surface area contributed by atoms with E-state index in [1.807, 2.05) is 7.05 Å². The van der Waals surface area contributed by atoms with Crippen LogP contribution in [-0.2, 0) is 9.84 Å². The van der Waals surface area contributed by atoms with E-state index in [4.69, 9.17) is 0 Å². The van der Waals surface area contributed by atoms with Crippen LogP contribution in [0.2, 0.25) is 0 Å². The van der Waals surface area contributed by atoms with Gasteiger partial charge >= 0.3 is 0 Å². The molecule has 1 fully saturated rings. The lowest BCUT2D eigenvalue weighted by molar-refractivity contribution is 0.512. The van der Waals surface area contributed by atoms with Crippen LogP contribution in [0.3, 0.4) is 0 Å². The molecule has 0 aromatic carbocycles. The molecule has 0 aliphatic carbocycles. The molecule has 0 radical (unpaired) electrons. The van der Waals surface area contributed by atoms with E-state index in [2.05, 4.69) is 10.6 Å². The predicted octanol–water partition coefficient (Wildman–Crippen LogP) is -0.380. The zero-order valence-corrected chi connectivity index (χ0v) is 9.57. The van der Waals surface area contributed by atoms with Gasteiger partial charge in [-0.15, -0.1) is 0 Å². The van der Waals surface area contributed by atoms with Crippen molar-refractivity contribution in [1.29, 1.82) is 0 Å². The molecular formula is C9H20N2O2S. The van der Waals surface area contributed by atoms with Crippen molar-refractivity contribution in [2.24, 2.45) is 5.92 Å². The summed E-state index contributed by atoms with van der Waals surface area (Å²) in [5.74, 6) is 1.11. The minimum atomic E-state index is -2.70. The lowest BCUT2D eigenvalue weighted by atomic mass is 10.1. The Morgan fingerprint density at radius 2 is 2.14 bits per heavy atom. The summed E-state index contributed by atoms with van der Waals surface area (Å²) in [4.78, 5) is 0. The van der Waals surface area contributed by atoms with E-state index in [1.165, 1.54) is 0 Å². The SMILES string of the molecule is CNCCCNCC1CCS(=O)(=O)C1. The van der Waals surface area contributed by atoms with E-state index in [-0.39, 0.29) is 0 Å². The molecule has 2 N–H and O–H groups in total. The van der Waals surface area contributed by atoms with Crippen LogP contribution in [0.1, 0.15) is 12.8 Å². The largest absolute Gasteiger partial charge is 0.320 e. The molecule has 1 aliphatic rings. The second-order valence-electron chi connectivity index (χ2n) is 3.93. The van der Waals surface area contributed by atoms with Crippen molar-refractivity contribution in [2.75, 3.05) is 38.2 Å². The first-order valence-corrected chi connectivity index (χ1v) is 7.02. The summed E-state index contributed by atoms with van der Waals surface area (Å²) in [6, 6.07) is 0. The van der Waals surface area contributed by atoms with Crippen molar-refractivity contribution in [2.45, 2.75) is 12.8 Å². The molecule has 1 rings (SSSR count). The first-order valence-electron chi connectivity index (χ1n) is 5.20. The third kappa shape index (κ3) is 4.39. The van der Waals surface area contributed by atoms with Gasteiger partial charge in [0.1, 0.15) is 0 Å². The summed E-state index contributed by atoms with van der Waals surface area (Å²) >= 11 is 0. The van der Waals surface area contributed by atoms with Crippen molar-refractivity contribution in [3.8, 4) is 0 Å². The van der Waals surface area contributed by atoms with Gasteiger partial charge in [0.05, 0.1) is 11.5 Å². The lowest BCUT2D eigenvalue weighted by Crippen LogP contribution is -2.26. The van der Waals surface area contributed by atoms with E-state index < -0.39 is 9.84 Å². The molecule has 0 aromatic heterocycles. The zero-order chi connectivity index (χ0) is 10.4. The molecular weight excluding hydrogens is 200 g/mol. The summed E-state index contributed by atoms with van der Waals surface area (Å²) in [5.41, 5.74) is 0. The Hall–Kier alpha value is -0.130. The minimum absolute atomic E-state index is 0.342. The minimum Gasteiger partial charge on any atom is -0.320 e. The Morgan fingerprint density at radius 3 is 2.71 bits per heavy atom. The zero-order valence-electron chi connectivity index (χ0n) is 8.75. The highest BCUT2D eigenvalue weighted by molar-refractivity contribution is 7.91. The Kier molecular flexibility index (Phi) is 4.84. The van der Waals surface area contributed by atoms with Crippen molar-refractivity contribution >= 4 is 9.84 Å². The van der Waals surface area contributed by atoms with Crippen molar-refractivity contribution in [1.82, 2.24) is 10.6 Å². The second-order valence-corrected chi connectivity index (χ2v) is 6.16. The average molecular weight is 220 g/mol. The molecule has 1 aliphatic heterocycles. The normalized spacial score (nSPS) is 25.4. The molecule has 4 nitrogen and oxygen atoms in total. The maximum absolute atomic E-state index is 11.1. The van der Waals surface area contributed by atoms with E-state index in [0.717, 1.165) is 32.5 Å². The second kappa shape index (κ2) is 5.68. The molecule has 0 bridgehead atoms. The molecule has 1 saturated heterocycles. The highest BCUT2D eigenvalue weighted by atomic mass is 32.2. The van der Waals surface area contributed by atoms with E-state index in [9.17, 15) is 8.42 Å². The third-order valence-electron chi connectivity index (χ3n) is 2.54. The maximum Gasteiger partial charge on any atom is 0.150 e. The van der Waals surface area contributed by atoms with Gasteiger partial charge in [-0.3, -0.25) is 0 Å². The highest BCUT2D eigenvalue weighted by Gasteiger charge is 2.26. The van der Waals surface area contributed by atoms with Crippen LogP contribution >= 0.6 is 0 Å². The smallest absolute Gasteiger partial charge is 0.150 e. The van der Waals surface area contributed by atoms with Gasteiger partial charge < -0.3 is 10.6 Å². The topological polar surface area (TPSA) is 58.2 Å². The molecule has 1 unspecified atom stereocenters. The van der Waals surface area contributed by atoms with Crippen LogP contribution in [0.5, 0.6) is 0 Å². The highest BCUT2D eigenvalue weighted by Crippen LogP contribution is 2.17. The van der Waals surface area contributed by atoms with E-state index >= 15 is 0 Å². The van der Waals surface area contributed by atoms with Gasteiger partial charge in [-0.2, -0.15) is 0 Å². The van der Waals surface area contributed by atoms with Crippen molar-refractivity contribution in [3.63, 3.8) is 0 Å². The van der Waals surface area contributed by atoms with Gasteiger partial charge in [0.2, 0.25) is 0 Å². The van der Waals surface area contributed by atoms with Crippen LogP contribution in [0, 0.1) is 5.92 Å². The molecule has 0 aromatic rings. The number of hydrogen-bond donors (Lipinski definition) is 2. The van der Waals surface area contributed by atoms with Gasteiger partial charge in [-0.25, -0.2) is 8.42 Å². The summed E-state index contributed by atoms with van der Waals surface area (Å²) in [7, 11) is -0.761. The fourth-order valence-corrected chi connectivity index (χ4v) is 3.59. The quantitative estimate of drug-likeness (QED) is 0.599. The molecule has 1 heterocycles. The number of rotatable bonds is 6. The number of nitrogens with one attached hydrogen (secondary N) is 2. The fourth-order valence-electron chi connectivity index (χ4n) is 1.73. The Balaban J connectivity index is 2.03. The van der Waals surface area contributed by atoms with Gasteiger partial charge in [0, 0.05) is 0 Å². The van der Waals surface area contributed by atoms with Gasteiger partial charge in [-0.1, -0.05) is 0 Å². The third-order valence-corrected chi connectivity index (χ3v) is 4.38. The van der Waals surface area contributed by atoms with Crippen LogP contribution in [0.15, 0.2) is 0 Å². The Labute approximate surface area is 86.4 Å². The average Bonchev–Trinajstić information content (AvgIpc) is 2.45. The number of hydrogen-bond acceptors (Lipinski definition) is 4. The van der Waals surface area contributed by atoms with Crippen LogP contribution < -0.4 is 10.6 Å². The molecule has 14 heavy (non-hydrogen) atoms. The standard InChI is InChI=1S/C9H20N2O2S/c1-10-4-2-5-11-7-9-3-6-14(12,13)8-9/h9-11H,2-8H2,1H3. The summed E-state index contributed by atoms with van der Waals surface area (Å²) in [6.45, 7) is 2.83. The van der Waals surface area contributed by atoms with Gasteiger partial charge in [0.15, 0.2) is 9.84 Å². The summed E-state index contributed by atoms with van der Waals surface area (Å²) in [5, 5.41) is 6.37. The van der Waals surface area contributed by atoms with E-state index in [0.29, 0.717) is 17.4 Å². The molecule has 0 spiro atoms. The fraction of sp³-hybridized carbons (Fsp3) is 1.00. The predicted molar refractivity (Wildman–Crippen MR) is 58.2 cm³/mol. The Morgan fingerprint density at radius 1 is 1.36 bits per heavy atom. The summed E-state index contributed by atoms with van der Waals surface area (Å²) < 4.78 is 22.3. The maximum atomic E-state index is 11.1. The monoisotopic (exact) mass is 220 g/mol. The first-order chi connectivity index (χ1) is 6.64. The Bertz CT molecular complexity index is 252. The van der Waals surface area contributed by atoms with Crippen molar-refractivity contribution in [3.05, 3.63) is 0 Å².